The molecule has 1 aliphatic rings. The highest BCUT2D eigenvalue weighted by atomic mass is 16.5. The summed E-state index contributed by atoms with van der Waals surface area (Å²) in [7, 11) is 3.16. The number of aryl methyl sites for hydroxylation is 1. The molecule has 2 aromatic heterocycles. The number of hydrogen-bond acceptors (Lipinski definition) is 5. The molecule has 0 spiro atoms. The average Bonchev–Trinajstić information content (AvgIpc) is 3.40. The molecule has 8 nitrogen and oxygen atoms in total. The first-order valence-electron chi connectivity index (χ1n) is 10.2. The van der Waals surface area contributed by atoms with E-state index in [1.54, 1.807) is 20.3 Å². The highest BCUT2D eigenvalue weighted by Gasteiger charge is 2.31. The molecule has 1 saturated heterocycles. The van der Waals surface area contributed by atoms with Gasteiger partial charge in [-0.3, -0.25) is 14.7 Å². The van der Waals surface area contributed by atoms with Crippen molar-refractivity contribution in [3.05, 3.63) is 57.6 Å². The van der Waals surface area contributed by atoms with Crippen LogP contribution < -0.4 is 15.0 Å². The zero-order valence-electron chi connectivity index (χ0n) is 17.5. The topological polar surface area (TPSA) is 88.9 Å². The summed E-state index contributed by atoms with van der Waals surface area (Å²) in [6.07, 6.45) is 2.74. The van der Waals surface area contributed by atoms with Gasteiger partial charge in [0.25, 0.3) is 5.56 Å². The smallest absolute Gasteiger partial charge is 0.272 e. The maximum atomic E-state index is 13.1. The molecular weight excluding hydrogens is 384 g/mol. The number of rotatable bonds is 6. The largest absolute Gasteiger partial charge is 0.493 e. The number of aromatic amines is 1. The third-order valence-electron chi connectivity index (χ3n) is 5.62. The number of carbonyl (C=O) groups is 1. The van der Waals surface area contributed by atoms with Crippen LogP contribution in [0.2, 0.25) is 0 Å². The molecule has 30 heavy (non-hydrogen) atoms. The molecule has 0 bridgehead atoms. The summed E-state index contributed by atoms with van der Waals surface area (Å²) in [6, 6.07) is 8.85. The Labute approximate surface area is 174 Å². The Morgan fingerprint density at radius 3 is 2.73 bits per heavy atom. The van der Waals surface area contributed by atoms with Gasteiger partial charge in [-0.05, 0) is 37.0 Å². The summed E-state index contributed by atoms with van der Waals surface area (Å²) in [5.41, 5.74) is 2.92. The van der Waals surface area contributed by atoms with Crippen molar-refractivity contribution in [2.45, 2.75) is 38.6 Å². The molecule has 1 atom stereocenters. The van der Waals surface area contributed by atoms with E-state index in [0.29, 0.717) is 30.1 Å². The van der Waals surface area contributed by atoms with Crippen LogP contribution in [-0.2, 0) is 17.6 Å². The van der Waals surface area contributed by atoms with E-state index in [1.165, 1.54) is 4.52 Å². The lowest BCUT2D eigenvalue weighted by atomic mass is 10.1. The van der Waals surface area contributed by atoms with Crippen LogP contribution in [0.4, 0.5) is 0 Å². The van der Waals surface area contributed by atoms with Crippen molar-refractivity contribution >= 4 is 11.6 Å². The lowest BCUT2D eigenvalue weighted by molar-refractivity contribution is -0.131. The minimum atomic E-state index is -0.135. The van der Waals surface area contributed by atoms with E-state index in [9.17, 15) is 9.59 Å². The molecule has 1 fully saturated rings. The first-order valence-corrected chi connectivity index (χ1v) is 10.2. The number of carbonyl (C=O) groups excluding carboxylic acids is 1. The molecule has 3 heterocycles. The van der Waals surface area contributed by atoms with E-state index in [4.69, 9.17) is 9.47 Å². The minimum absolute atomic E-state index is 0.0397. The number of nitrogens with zero attached hydrogens (tertiary/aromatic N) is 3. The highest BCUT2D eigenvalue weighted by Crippen LogP contribution is 2.33. The van der Waals surface area contributed by atoms with Crippen molar-refractivity contribution in [1.29, 1.82) is 0 Å². The van der Waals surface area contributed by atoms with Gasteiger partial charge in [0.05, 0.1) is 32.4 Å². The Balaban J connectivity index is 1.58. The molecule has 0 saturated carbocycles. The van der Waals surface area contributed by atoms with Crippen molar-refractivity contribution in [3.63, 3.8) is 0 Å². The van der Waals surface area contributed by atoms with Gasteiger partial charge in [0.15, 0.2) is 17.1 Å². The number of hydrogen-bond donors (Lipinski definition) is 1. The van der Waals surface area contributed by atoms with Gasteiger partial charge in [-0.1, -0.05) is 13.0 Å². The summed E-state index contributed by atoms with van der Waals surface area (Å²) >= 11 is 0. The summed E-state index contributed by atoms with van der Waals surface area (Å²) in [5.74, 6) is 1.28. The number of methoxy groups -OCH3 is 2. The molecule has 1 N–H and O–H groups in total. The van der Waals surface area contributed by atoms with Crippen molar-refractivity contribution in [1.82, 2.24) is 19.5 Å². The Hall–Kier alpha value is -3.29. The first-order chi connectivity index (χ1) is 14.5. The second-order valence-electron chi connectivity index (χ2n) is 7.46. The van der Waals surface area contributed by atoms with E-state index in [2.05, 4.69) is 10.1 Å². The monoisotopic (exact) mass is 410 g/mol. The van der Waals surface area contributed by atoms with Gasteiger partial charge in [-0.2, -0.15) is 0 Å². The van der Waals surface area contributed by atoms with Crippen LogP contribution in [0.5, 0.6) is 11.5 Å². The third kappa shape index (κ3) is 3.65. The molecule has 1 amide bonds. The fourth-order valence-electron chi connectivity index (χ4n) is 4.07. The van der Waals surface area contributed by atoms with Crippen molar-refractivity contribution < 1.29 is 14.3 Å². The zero-order valence-corrected chi connectivity index (χ0v) is 17.5. The number of ether oxygens (including phenoxy) is 2. The van der Waals surface area contributed by atoms with Crippen molar-refractivity contribution in [2.75, 3.05) is 20.8 Å². The fourth-order valence-corrected chi connectivity index (χ4v) is 4.07. The fraction of sp³-hybridized carbons (Fsp3) is 0.409. The number of likely N-dealkylation sites (tertiary alicyclic amines) is 1. The summed E-state index contributed by atoms with van der Waals surface area (Å²) in [5, 5.41) is 3.15. The van der Waals surface area contributed by atoms with E-state index < -0.39 is 0 Å². The molecule has 4 rings (SSSR count). The van der Waals surface area contributed by atoms with Crippen LogP contribution in [0.15, 0.2) is 35.1 Å². The molecular formula is C22H26N4O4. The van der Waals surface area contributed by atoms with E-state index in [1.807, 2.05) is 36.1 Å². The summed E-state index contributed by atoms with van der Waals surface area (Å²) in [6.45, 7) is 2.66. The Morgan fingerprint density at radius 2 is 2.00 bits per heavy atom. The molecule has 3 aromatic rings. The van der Waals surface area contributed by atoms with Gasteiger partial charge in [0.2, 0.25) is 5.91 Å². The van der Waals surface area contributed by atoms with Crippen LogP contribution in [-0.4, -0.2) is 46.2 Å². The summed E-state index contributed by atoms with van der Waals surface area (Å²) < 4.78 is 12.1. The minimum Gasteiger partial charge on any atom is -0.493 e. The highest BCUT2D eigenvalue weighted by molar-refractivity contribution is 5.79. The van der Waals surface area contributed by atoms with Gasteiger partial charge >= 0.3 is 0 Å². The molecule has 0 radical (unpaired) electrons. The number of amides is 1. The van der Waals surface area contributed by atoms with Crippen LogP contribution in [0.1, 0.15) is 42.8 Å². The molecule has 1 aliphatic heterocycles. The standard InChI is InChI=1S/C22H26N4O4/c1-4-15-12-22(28)26-20(23-15)13-16(24-26)17-6-5-9-25(17)21(27)11-14-7-8-18(29-2)19(10-14)30-3/h7-8,10,12-13,17,24H,4-6,9,11H2,1-3H3. The van der Waals surface area contributed by atoms with Gasteiger partial charge < -0.3 is 14.4 Å². The maximum absolute atomic E-state index is 13.1. The quantitative estimate of drug-likeness (QED) is 0.675. The normalized spacial score (nSPS) is 16.2. The number of benzene rings is 1. The van der Waals surface area contributed by atoms with E-state index in [-0.39, 0.29) is 23.9 Å². The van der Waals surface area contributed by atoms with Crippen molar-refractivity contribution in [3.8, 4) is 11.5 Å². The zero-order chi connectivity index (χ0) is 21.3. The molecule has 1 aromatic carbocycles. The first kappa shape index (κ1) is 20.0. The lowest BCUT2D eigenvalue weighted by Gasteiger charge is -2.24. The predicted octanol–water partition coefficient (Wildman–Crippen LogP) is 2.51. The van der Waals surface area contributed by atoms with Crippen LogP contribution >= 0.6 is 0 Å². The van der Waals surface area contributed by atoms with Gasteiger partial charge in [-0.25, -0.2) is 9.50 Å². The molecule has 8 heteroatoms. The second kappa shape index (κ2) is 8.22. The van der Waals surface area contributed by atoms with Crippen LogP contribution in [0, 0.1) is 0 Å². The lowest BCUT2D eigenvalue weighted by Crippen LogP contribution is -2.32. The average molecular weight is 410 g/mol. The second-order valence-corrected chi connectivity index (χ2v) is 7.46. The number of H-pyrrole nitrogens is 1. The summed E-state index contributed by atoms with van der Waals surface area (Å²) in [4.78, 5) is 31.8. The predicted molar refractivity (Wildman–Crippen MR) is 112 cm³/mol. The Morgan fingerprint density at radius 1 is 1.20 bits per heavy atom. The van der Waals surface area contributed by atoms with Crippen molar-refractivity contribution in [2.24, 2.45) is 0 Å². The maximum Gasteiger partial charge on any atom is 0.272 e. The van der Waals surface area contributed by atoms with E-state index in [0.717, 1.165) is 29.8 Å². The number of nitrogens with one attached hydrogen (secondary N) is 1. The van der Waals surface area contributed by atoms with Crippen LogP contribution in [0.3, 0.4) is 0 Å². The van der Waals surface area contributed by atoms with E-state index >= 15 is 0 Å². The van der Waals surface area contributed by atoms with Crippen LogP contribution in [0.25, 0.3) is 5.65 Å². The third-order valence-corrected chi connectivity index (χ3v) is 5.62. The SMILES string of the molecule is CCc1cc(=O)n2[nH]c(C3CCCN3C(=O)Cc3ccc(OC)c(OC)c3)cc2n1. The van der Waals surface area contributed by atoms with Gasteiger partial charge in [0, 0.05) is 24.4 Å². The Bertz CT molecular complexity index is 1130. The molecule has 1 unspecified atom stereocenters. The molecule has 0 aliphatic carbocycles. The number of fused-ring (bicyclic) bond motifs is 1. The van der Waals surface area contributed by atoms with Gasteiger partial charge in [0.1, 0.15) is 0 Å². The molecule has 158 valence electrons. The Kier molecular flexibility index (Phi) is 5.48. The number of aromatic nitrogens is 3. The van der Waals surface area contributed by atoms with Gasteiger partial charge in [-0.15, -0.1) is 0 Å².